The third-order valence-corrected chi connectivity index (χ3v) is 5.23. The van der Waals surface area contributed by atoms with E-state index in [1.807, 2.05) is 48.5 Å². The van der Waals surface area contributed by atoms with Gasteiger partial charge in [-0.25, -0.2) is 4.99 Å². The SMILES string of the molecule is CN(C)C(=O)COc1cccc(CN=C(N)N2CCN(c3ccc(Cl)cc3)CC2)c1.I. The second-order valence-electron chi connectivity index (χ2n) is 7.35. The number of amides is 1. The van der Waals surface area contributed by atoms with Gasteiger partial charge in [-0.1, -0.05) is 23.7 Å². The summed E-state index contributed by atoms with van der Waals surface area (Å²) in [6.45, 7) is 3.85. The van der Waals surface area contributed by atoms with Crippen molar-refractivity contribution in [2.24, 2.45) is 10.7 Å². The lowest BCUT2D eigenvalue weighted by molar-refractivity contribution is -0.130. The molecule has 0 radical (unpaired) electrons. The number of hydrogen-bond acceptors (Lipinski definition) is 4. The van der Waals surface area contributed by atoms with E-state index in [-0.39, 0.29) is 36.5 Å². The second-order valence-corrected chi connectivity index (χ2v) is 7.79. The van der Waals surface area contributed by atoms with Gasteiger partial charge in [-0.2, -0.15) is 0 Å². The van der Waals surface area contributed by atoms with Gasteiger partial charge >= 0.3 is 0 Å². The molecule has 0 aliphatic carbocycles. The number of nitrogens with two attached hydrogens (primary N) is 1. The predicted molar refractivity (Wildman–Crippen MR) is 137 cm³/mol. The average molecular weight is 558 g/mol. The van der Waals surface area contributed by atoms with Crippen LogP contribution in [0.4, 0.5) is 5.69 Å². The molecule has 2 aromatic carbocycles. The first-order valence-corrected chi connectivity index (χ1v) is 10.3. The fourth-order valence-corrected chi connectivity index (χ4v) is 3.25. The van der Waals surface area contributed by atoms with Crippen LogP contribution in [0.2, 0.25) is 5.02 Å². The van der Waals surface area contributed by atoms with Crippen LogP contribution >= 0.6 is 35.6 Å². The van der Waals surface area contributed by atoms with Crippen molar-refractivity contribution in [2.75, 3.05) is 51.8 Å². The molecule has 0 bridgehead atoms. The van der Waals surface area contributed by atoms with Gasteiger partial charge in [0.25, 0.3) is 5.91 Å². The maximum atomic E-state index is 11.7. The highest BCUT2D eigenvalue weighted by Gasteiger charge is 2.18. The molecule has 7 nitrogen and oxygen atoms in total. The lowest BCUT2D eigenvalue weighted by Gasteiger charge is -2.36. The van der Waals surface area contributed by atoms with E-state index in [4.69, 9.17) is 22.1 Å². The Bertz CT molecular complexity index is 884. The topological polar surface area (TPSA) is 74.4 Å². The van der Waals surface area contributed by atoms with Gasteiger partial charge in [0, 0.05) is 51.0 Å². The van der Waals surface area contributed by atoms with Gasteiger partial charge in [0.1, 0.15) is 5.75 Å². The number of aliphatic imine (C=N–C) groups is 1. The number of nitrogens with zero attached hydrogens (tertiary/aromatic N) is 4. The molecule has 9 heteroatoms. The standard InChI is InChI=1S/C22H28ClN5O2.HI/c1-26(2)21(29)16-30-20-5-3-4-17(14-20)15-25-22(24)28-12-10-27(11-13-28)19-8-6-18(23)7-9-19;/h3-9,14H,10-13,15-16H2,1-2H3,(H2,24,25);1H. The highest BCUT2D eigenvalue weighted by molar-refractivity contribution is 14.0. The number of halogens is 2. The maximum absolute atomic E-state index is 11.7. The zero-order valence-corrected chi connectivity index (χ0v) is 20.9. The van der Waals surface area contributed by atoms with Crippen LogP contribution in [0, 0.1) is 0 Å². The third kappa shape index (κ3) is 7.46. The quantitative estimate of drug-likeness (QED) is 0.336. The van der Waals surface area contributed by atoms with Crippen LogP contribution < -0.4 is 15.4 Å². The minimum atomic E-state index is -0.0830. The first kappa shape index (κ1) is 25.1. The van der Waals surface area contributed by atoms with E-state index in [9.17, 15) is 4.79 Å². The molecule has 2 aromatic rings. The normalized spacial score (nSPS) is 14.1. The van der Waals surface area contributed by atoms with Crippen molar-refractivity contribution in [1.29, 1.82) is 0 Å². The van der Waals surface area contributed by atoms with Crippen molar-refractivity contribution in [3.63, 3.8) is 0 Å². The van der Waals surface area contributed by atoms with Crippen LogP contribution in [0.25, 0.3) is 0 Å². The van der Waals surface area contributed by atoms with Crippen molar-refractivity contribution in [3.05, 3.63) is 59.1 Å². The number of ether oxygens (including phenoxy) is 1. The highest BCUT2D eigenvalue weighted by atomic mass is 127. The van der Waals surface area contributed by atoms with Crippen LogP contribution in [0.5, 0.6) is 5.75 Å². The number of hydrogen-bond donors (Lipinski definition) is 1. The molecule has 0 aromatic heterocycles. The Morgan fingerprint density at radius 2 is 1.81 bits per heavy atom. The van der Waals surface area contributed by atoms with E-state index >= 15 is 0 Å². The Balaban J connectivity index is 0.00000341. The Labute approximate surface area is 205 Å². The number of anilines is 1. The Hall–Kier alpha value is -2.20. The number of guanidine groups is 1. The summed E-state index contributed by atoms with van der Waals surface area (Å²) in [5.74, 6) is 1.10. The zero-order valence-electron chi connectivity index (χ0n) is 17.8. The Morgan fingerprint density at radius 3 is 2.45 bits per heavy atom. The van der Waals surface area contributed by atoms with Gasteiger partial charge in [0.2, 0.25) is 0 Å². The summed E-state index contributed by atoms with van der Waals surface area (Å²) >= 11 is 5.97. The minimum absolute atomic E-state index is 0. The van der Waals surface area contributed by atoms with Crippen LogP contribution in [0.3, 0.4) is 0 Å². The molecule has 31 heavy (non-hydrogen) atoms. The largest absolute Gasteiger partial charge is 0.484 e. The van der Waals surface area contributed by atoms with E-state index in [1.165, 1.54) is 10.6 Å². The summed E-state index contributed by atoms with van der Waals surface area (Å²) in [6, 6.07) is 15.5. The molecule has 0 spiro atoms. The van der Waals surface area contributed by atoms with Crippen molar-refractivity contribution in [1.82, 2.24) is 9.80 Å². The summed E-state index contributed by atoms with van der Waals surface area (Å²) in [5.41, 5.74) is 8.37. The molecule has 1 amide bonds. The smallest absolute Gasteiger partial charge is 0.259 e. The lowest BCUT2D eigenvalue weighted by Crippen LogP contribution is -2.51. The van der Waals surface area contributed by atoms with Crippen molar-refractivity contribution in [3.8, 4) is 5.75 Å². The minimum Gasteiger partial charge on any atom is -0.484 e. The summed E-state index contributed by atoms with van der Waals surface area (Å²) in [5, 5.41) is 0.743. The summed E-state index contributed by atoms with van der Waals surface area (Å²) in [6.07, 6.45) is 0. The summed E-state index contributed by atoms with van der Waals surface area (Å²) in [7, 11) is 3.41. The van der Waals surface area contributed by atoms with E-state index in [2.05, 4.69) is 14.8 Å². The van der Waals surface area contributed by atoms with Crippen molar-refractivity contribution < 1.29 is 9.53 Å². The molecular weight excluding hydrogens is 529 g/mol. The fraction of sp³-hybridized carbons (Fsp3) is 0.364. The van der Waals surface area contributed by atoms with Crippen LogP contribution in [-0.2, 0) is 11.3 Å². The molecule has 0 unspecified atom stereocenters. The van der Waals surface area contributed by atoms with Gasteiger partial charge in [-0.05, 0) is 42.0 Å². The summed E-state index contributed by atoms with van der Waals surface area (Å²) in [4.78, 5) is 22.1. The van der Waals surface area contributed by atoms with Gasteiger partial charge in [-0.15, -0.1) is 24.0 Å². The van der Waals surface area contributed by atoms with Crippen molar-refractivity contribution in [2.45, 2.75) is 6.54 Å². The number of piperazine rings is 1. The number of rotatable bonds is 6. The fourth-order valence-electron chi connectivity index (χ4n) is 3.13. The second kappa shape index (κ2) is 12.0. The van der Waals surface area contributed by atoms with Crippen molar-refractivity contribution >= 4 is 53.1 Å². The first-order chi connectivity index (χ1) is 14.4. The van der Waals surface area contributed by atoms with Crippen LogP contribution in [0.15, 0.2) is 53.5 Å². The lowest BCUT2D eigenvalue weighted by atomic mass is 10.2. The Kier molecular flexibility index (Phi) is 9.70. The molecule has 0 saturated carbocycles. The highest BCUT2D eigenvalue weighted by Crippen LogP contribution is 2.19. The number of likely N-dealkylation sites (N-methyl/N-ethyl adjacent to an activating group) is 1. The molecule has 1 aliphatic heterocycles. The van der Waals surface area contributed by atoms with E-state index in [0.29, 0.717) is 18.3 Å². The zero-order chi connectivity index (χ0) is 21.5. The Morgan fingerprint density at radius 1 is 1.13 bits per heavy atom. The molecular formula is C22H29ClIN5O2. The molecule has 0 atom stereocenters. The molecule has 168 valence electrons. The monoisotopic (exact) mass is 557 g/mol. The number of carbonyl (C=O) groups is 1. The molecule has 1 heterocycles. The summed E-state index contributed by atoms with van der Waals surface area (Å²) < 4.78 is 5.56. The van der Waals surface area contributed by atoms with E-state index in [0.717, 1.165) is 36.8 Å². The van der Waals surface area contributed by atoms with E-state index in [1.54, 1.807) is 14.1 Å². The van der Waals surface area contributed by atoms with Gasteiger partial charge in [-0.3, -0.25) is 4.79 Å². The van der Waals surface area contributed by atoms with Crippen LogP contribution in [-0.4, -0.2) is 68.5 Å². The molecule has 3 rings (SSSR count). The van der Waals surface area contributed by atoms with E-state index < -0.39 is 0 Å². The third-order valence-electron chi connectivity index (χ3n) is 4.98. The predicted octanol–water partition coefficient (Wildman–Crippen LogP) is 3.06. The molecule has 1 aliphatic rings. The van der Waals surface area contributed by atoms with Gasteiger partial charge in [0.15, 0.2) is 12.6 Å². The number of benzene rings is 2. The number of carbonyl (C=O) groups excluding carboxylic acids is 1. The maximum Gasteiger partial charge on any atom is 0.259 e. The molecule has 1 saturated heterocycles. The molecule has 1 fully saturated rings. The average Bonchev–Trinajstić information content (AvgIpc) is 2.76. The van der Waals surface area contributed by atoms with Crippen LogP contribution in [0.1, 0.15) is 5.56 Å². The van der Waals surface area contributed by atoms with Gasteiger partial charge in [0.05, 0.1) is 6.54 Å². The van der Waals surface area contributed by atoms with Gasteiger partial charge < -0.3 is 25.2 Å². The molecule has 2 N–H and O–H groups in total. The first-order valence-electron chi connectivity index (χ1n) is 9.89.